The molecular weight excluding hydrogens is 516 g/mol. The molecule has 2 aromatic heterocycles. The van der Waals surface area contributed by atoms with E-state index in [-0.39, 0.29) is 24.5 Å². The molecule has 2 atom stereocenters. The number of likely N-dealkylation sites (tertiary alicyclic amines) is 1. The van der Waals surface area contributed by atoms with Gasteiger partial charge in [0.25, 0.3) is 0 Å². The van der Waals surface area contributed by atoms with Crippen LogP contribution in [0.15, 0.2) is 42.6 Å². The number of aliphatic hydroxyl groups excluding tert-OH is 1. The van der Waals surface area contributed by atoms with Gasteiger partial charge >= 0.3 is 0 Å². The number of amides is 1. The van der Waals surface area contributed by atoms with Crippen molar-refractivity contribution in [2.24, 2.45) is 0 Å². The van der Waals surface area contributed by atoms with Gasteiger partial charge in [-0.3, -0.25) is 9.69 Å². The molecule has 3 aromatic rings. The molecule has 3 heterocycles. The molecule has 10 heteroatoms. The van der Waals surface area contributed by atoms with Crippen LogP contribution in [0, 0.1) is 0 Å². The normalized spacial score (nSPS) is 16.3. The van der Waals surface area contributed by atoms with Gasteiger partial charge in [-0.15, -0.1) is 0 Å². The van der Waals surface area contributed by atoms with Gasteiger partial charge in [-0.05, 0) is 49.1 Å². The number of nitrogens with one attached hydrogen (secondary N) is 2. The number of hydrogen-bond acceptors (Lipinski definition) is 8. The van der Waals surface area contributed by atoms with Crippen LogP contribution >= 0.6 is 0 Å². The second-order valence-electron chi connectivity index (χ2n) is 11.4. The Morgan fingerprint density at radius 1 is 1.24 bits per heavy atom. The fraction of sp³-hybridized carbons (Fsp3) is 0.548. The smallest absolute Gasteiger partial charge is 0.245 e. The molecular formula is C31H46N8O2. The van der Waals surface area contributed by atoms with Crippen LogP contribution in [0.5, 0.6) is 0 Å². The largest absolute Gasteiger partial charge is 0.396 e. The minimum absolute atomic E-state index is 0.0300. The van der Waals surface area contributed by atoms with Crippen LogP contribution in [0.2, 0.25) is 0 Å². The van der Waals surface area contributed by atoms with Gasteiger partial charge in [-0.25, -0.2) is 0 Å². The highest BCUT2D eigenvalue weighted by Gasteiger charge is 2.26. The molecule has 4 rings (SSSR count). The number of hydrogen-bond donors (Lipinski definition) is 3. The number of carbonyl (C=O) groups is 1. The number of aryl methyl sites for hydroxylation is 1. The Bertz CT molecular complexity index is 1320. The van der Waals surface area contributed by atoms with Crippen molar-refractivity contribution < 1.29 is 9.90 Å². The number of fused-ring (bicyclic) bond motifs is 1. The minimum atomic E-state index is 0.0300. The van der Waals surface area contributed by atoms with Crippen LogP contribution < -0.4 is 10.6 Å². The van der Waals surface area contributed by atoms with Crippen LogP contribution in [0.3, 0.4) is 0 Å². The predicted octanol–water partition coefficient (Wildman–Crippen LogP) is 4.08. The monoisotopic (exact) mass is 562 g/mol. The van der Waals surface area contributed by atoms with Crippen LogP contribution in [-0.4, -0.2) is 86.3 Å². The maximum absolute atomic E-state index is 11.8. The molecule has 222 valence electrons. The number of rotatable bonds is 15. The van der Waals surface area contributed by atoms with Crippen LogP contribution in [0.1, 0.15) is 69.1 Å². The standard InChI is InChI=1S/C31H46N8O2/c1-6-25(15-18-40)34-30-35-29-27(22(2)3)21-33-39(29)31(36-30)32-20-24-10-7-9-23(19-24)12-13-26-14-17-38(26)16-8-11-28(41)37(4)5/h7-11,19,21-22,25-26,40H,6,12-18,20H2,1-5H3,(H2,32,34,35,36)/b11-8+. The van der Waals surface area contributed by atoms with E-state index in [0.717, 1.165) is 43.6 Å². The van der Waals surface area contributed by atoms with Crippen LogP contribution in [0.25, 0.3) is 5.65 Å². The number of carbonyl (C=O) groups excluding carboxylic acids is 1. The van der Waals surface area contributed by atoms with Crippen LogP contribution in [0.4, 0.5) is 11.9 Å². The molecule has 2 unspecified atom stereocenters. The summed E-state index contributed by atoms with van der Waals surface area (Å²) in [7, 11) is 3.54. The minimum Gasteiger partial charge on any atom is -0.396 e. The van der Waals surface area contributed by atoms with E-state index in [2.05, 4.69) is 65.7 Å². The maximum atomic E-state index is 11.8. The van der Waals surface area contributed by atoms with E-state index in [0.29, 0.717) is 30.9 Å². The predicted molar refractivity (Wildman–Crippen MR) is 164 cm³/mol. The summed E-state index contributed by atoms with van der Waals surface area (Å²) < 4.78 is 1.78. The van der Waals surface area contributed by atoms with Crippen molar-refractivity contribution in [3.05, 3.63) is 59.3 Å². The first-order valence-corrected chi connectivity index (χ1v) is 14.9. The van der Waals surface area contributed by atoms with Gasteiger partial charge in [0.1, 0.15) is 0 Å². The third-order valence-corrected chi connectivity index (χ3v) is 7.84. The zero-order valence-corrected chi connectivity index (χ0v) is 25.2. The average molecular weight is 563 g/mol. The molecule has 0 aliphatic carbocycles. The summed E-state index contributed by atoms with van der Waals surface area (Å²) in [4.78, 5) is 25.4. The van der Waals surface area contributed by atoms with Crippen molar-refractivity contribution in [1.82, 2.24) is 29.4 Å². The van der Waals surface area contributed by atoms with E-state index in [4.69, 9.17) is 9.97 Å². The summed E-state index contributed by atoms with van der Waals surface area (Å²) in [5.74, 6) is 1.49. The number of aromatic nitrogens is 4. The van der Waals surface area contributed by atoms with E-state index in [1.54, 1.807) is 29.6 Å². The average Bonchev–Trinajstić information content (AvgIpc) is 3.38. The zero-order valence-electron chi connectivity index (χ0n) is 25.2. The third-order valence-electron chi connectivity index (χ3n) is 7.84. The van der Waals surface area contributed by atoms with Crippen molar-refractivity contribution in [3.8, 4) is 0 Å². The first-order chi connectivity index (χ1) is 19.8. The molecule has 41 heavy (non-hydrogen) atoms. The molecule has 1 fully saturated rings. The highest BCUT2D eigenvalue weighted by atomic mass is 16.3. The SMILES string of the molecule is CCC(CCO)Nc1nc(NCc2cccc(CCC3CCN3C/C=C/C(=O)N(C)C)c2)n2ncc(C(C)C)c2n1. The second kappa shape index (κ2) is 14.4. The van der Waals surface area contributed by atoms with Crippen LogP contribution in [-0.2, 0) is 17.8 Å². The van der Waals surface area contributed by atoms with E-state index in [1.807, 2.05) is 12.3 Å². The first-order valence-electron chi connectivity index (χ1n) is 14.9. The fourth-order valence-corrected chi connectivity index (χ4v) is 5.11. The van der Waals surface area contributed by atoms with Crippen molar-refractivity contribution in [1.29, 1.82) is 0 Å². The van der Waals surface area contributed by atoms with Gasteiger partial charge in [-0.2, -0.15) is 19.6 Å². The maximum Gasteiger partial charge on any atom is 0.245 e. The first kappa shape index (κ1) is 30.5. The number of nitrogens with zero attached hydrogens (tertiary/aromatic N) is 6. The topological polar surface area (TPSA) is 111 Å². The summed E-state index contributed by atoms with van der Waals surface area (Å²) in [5.41, 5.74) is 4.36. The Morgan fingerprint density at radius 2 is 2.05 bits per heavy atom. The molecule has 0 saturated carbocycles. The van der Waals surface area contributed by atoms with Gasteiger partial charge in [-0.1, -0.05) is 51.1 Å². The van der Waals surface area contributed by atoms with E-state index >= 15 is 0 Å². The molecule has 0 radical (unpaired) electrons. The lowest BCUT2D eigenvalue weighted by Gasteiger charge is -2.40. The molecule has 0 spiro atoms. The van der Waals surface area contributed by atoms with E-state index in [1.165, 1.54) is 17.5 Å². The second-order valence-corrected chi connectivity index (χ2v) is 11.4. The quantitative estimate of drug-likeness (QED) is 0.238. The summed E-state index contributed by atoms with van der Waals surface area (Å²) in [6, 6.07) is 9.37. The molecule has 10 nitrogen and oxygen atoms in total. The Balaban J connectivity index is 1.40. The molecule has 1 amide bonds. The zero-order chi connectivity index (χ0) is 29.4. The van der Waals surface area contributed by atoms with E-state index < -0.39 is 0 Å². The molecule has 1 saturated heterocycles. The van der Waals surface area contributed by atoms with Gasteiger partial charge in [0.05, 0.1) is 6.20 Å². The molecule has 1 aromatic carbocycles. The van der Waals surface area contributed by atoms with Gasteiger partial charge in [0, 0.05) is 64.1 Å². The highest BCUT2D eigenvalue weighted by Crippen LogP contribution is 2.24. The lowest BCUT2D eigenvalue weighted by atomic mass is 9.95. The highest BCUT2D eigenvalue weighted by molar-refractivity contribution is 5.87. The van der Waals surface area contributed by atoms with Crippen molar-refractivity contribution in [2.75, 3.05) is 44.4 Å². The lowest BCUT2D eigenvalue weighted by Crippen LogP contribution is -2.47. The molecule has 0 bridgehead atoms. The van der Waals surface area contributed by atoms with Crippen molar-refractivity contribution in [3.63, 3.8) is 0 Å². The molecule has 1 aliphatic rings. The fourth-order valence-electron chi connectivity index (χ4n) is 5.11. The number of aliphatic hydroxyl groups is 1. The van der Waals surface area contributed by atoms with Crippen molar-refractivity contribution >= 4 is 23.5 Å². The van der Waals surface area contributed by atoms with Gasteiger partial charge in [0.2, 0.25) is 17.8 Å². The summed E-state index contributed by atoms with van der Waals surface area (Å²) >= 11 is 0. The number of benzene rings is 1. The number of anilines is 2. The van der Waals surface area contributed by atoms with Gasteiger partial charge in [0.15, 0.2) is 5.65 Å². The van der Waals surface area contributed by atoms with E-state index in [9.17, 15) is 9.90 Å². The third kappa shape index (κ3) is 8.04. The molecule has 1 aliphatic heterocycles. The molecule has 3 N–H and O–H groups in total. The van der Waals surface area contributed by atoms with Crippen molar-refractivity contribution in [2.45, 2.75) is 77.4 Å². The Hall–Kier alpha value is -3.50. The lowest BCUT2D eigenvalue weighted by molar-refractivity contribution is -0.123. The summed E-state index contributed by atoms with van der Waals surface area (Å²) in [6.07, 6.45) is 10.3. The number of likely N-dealkylation sites (N-methyl/N-ethyl adjacent to an activating group) is 1. The summed E-state index contributed by atoms with van der Waals surface area (Å²) in [5, 5.41) is 20.9. The summed E-state index contributed by atoms with van der Waals surface area (Å²) in [6.45, 7) is 9.00. The Morgan fingerprint density at radius 3 is 2.73 bits per heavy atom. The van der Waals surface area contributed by atoms with Gasteiger partial charge < -0.3 is 20.6 Å². The Kier molecular flexibility index (Phi) is 10.7. The Labute approximate surface area is 243 Å².